The van der Waals surface area contributed by atoms with Gasteiger partial charge in [0.2, 0.25) is 0 Å². The Balaban J connectivity index is 1.79. The molecule has 0 radical (unpaired) electrons. The van der Waals surface area contributed by atoms with Crippen LogP contribution in [0.25, 0.3) is 0 Å². The Kier molecular flexibility index (Phi) is 3.61. The van der Waals surface area contributed by atoms with Gasteiger partial charge >= 0.3 is 0 Å². The Bertz CT molecular complexity index is 646. The van der Waals surface area contributed by atoms with Crippen LogP contribution in [0.4, 0.5) is 5.82 Å². The van der Waals surface area contributed by atoms with Crippen molar-refractivity contribution in [1.29, 1.82) is 0 Å². The van der Waals surface area contributed by atoms with Crippen LogP contribution < -0.4 is 5.32 Å². The lowest BCUT2D eigenvalue weighted by atomic mass is 9.93. The van der Waals surface area contributed by atoms with Crippen molar-refractivity contribution >= 4 is 27.7 Å². The second-order valence-corrected chi connectivity index (χ2v) is 5.96. The van der Waals surface area contributed by atoms with Gasteiger partial charge in [0.05, 0.1) is 5.69 Å². The second-order valence-electron chi connectivity index (χ2n) is 5.10. The van der Waals surface area contributed by atoms with Crippen LogP contribution in [0.3, 0.4) is 0 Å². The predicted molar refractivity (Wildman–Crippen MR) is 81.9 cm³/mol. The third-order valence-corrected chi connectivity index (χ3v) is 4.58. The van der Waals surface area contributed by atoms with Crippen molar-refractivity contribution in [2.75, 3.05) is 5.32 Å². The number of halogens is 1. The first-order valence-electron chi connectivity index (χ1n) is 6.76. The highest BCUT2D eigenvalue weighted by atomic mass is 79.9. The van der Waals surface area contributed by atoms with Crippen molar-refractivity contribution in [2.24, 2.45) is 0 Å². The highest BCUT2D eigenvalue weighted by Crippen LogP contribution is 2.32. The molecule has 0 aromatic carbocycles. The van der Waals surface area contributed by atoms with E-state index >= 15 is 0 Å². The van der Waals surface area contributed by atoms with E-state index in [1.54, 1.807) is 6.07 Å². The lowest BCUT2D eigenvalue weighted by Crippen LogP contribution is -2.23. The molecule has 1 saturated carbocycles. The number of anilines is 1. The molecule has 2 aromatic heterocycles. The van der Waals surface area contributed by atoms with Gasteiger partial charge in [-0.15, -0.1) is 0 Å². The van der Waals surface area contributed by atoms with E-state index in [1.165, 1.54) is 6.42 Å². The normalized spacial score (nSPS) is 14.9. The van der Waals surface area contributed by atoms with Gasteiger partial charge in [0, 0.05) is 16.7 Å². The molecule has 0 atom stereocenters. The maximum absolute atomic E-state index is 12.4. The molecule has 104 valence electrons. The molecule has 1 aliphatic carbocycles. The Morgan fingerprint density at radius 2 is 2.20 bits per heavy atom. The van der Waals surface area contributed by atoms with E-state index in [2.05, 4.69) is 30.8 Å². The molecule has 1 amide bonds. The Morgan fingerprint density at radius 3 is 2.85 bits per heavy atom. The van der Waals surface area contributed by atoms with Crippen LogP contribution >= 0.6 is 15.9 Å². The maximum Gasteiger partial charge on any atom is 0.273 e. The predicted octanol–water partition coefficient (Wildman–Crippen LogP) is 3.93. The molecular weight excluding hydrogens is 318 g/mol. The third-order valence-electron chi connectivity index (χ3n) is 3.74. The molecule has 5 heteroatoms. The number of hydrogen-bond donors (Lipinski definition) is 1. The van der Waals surface area contributed by atoms with E-state index in [1.807, 2.05) is 31.3 Å². The van der Waals surface area contributed by atoms with Crippen LogP contribution in [0, 0.1) is 6.92 Å². The Morgan fingerprint density at radius 1 is 1.40 bits per heavy atom. The molecule has 1 fully saturated rings. The lowest BCUT2D eigenvalue weighted by molar-refractivity contribution is 0.101. The molecule has 1 aliphatic rings. The number of nitrogens with one attached hydrogen (secondary N) is 1. The number of rotatable bonds is 3. The van der Waals surface area contributed by atoms with Gasteiger partial charge in [-0.3, -0.25) is 4.79 Å². The summed E-state index contributed by atoms with van der Waals surface area (Å²) in [6.07, 6.45) is 5.55. The summed E-state index contributed by atoms with van der Waals surface area (Å²) in [7, 11) is 0. The minimum Gasteiger partial charge on any atom is -0.340 e. The average molecular weight is 334 g/mol. The number of hydrogen-bond acceptors (Lipinski definition) is 2. The maximum atomic E-state index is 12.4. The number of aromatic nitrogens is 2. The smallest absolute Gasteiger partial charge is 0.273 e. The molecule has 0 spiro atoms. The summed E-state index contributed by atoms with van der Waals surface area (Å²) in [5.74, 6) is 0.480. The average Bonchev–Trinajstić information content (AvgIpc) is 2.81. The second kappa shape index (κ2) is 5.40. The number of amides is 1. The monoisotopic (exact) mass is 333 g/mol. The van der Waals surface area contributed by atoms with Crippen LogP contribution in [0.15, 0.2) is 34.9 Å². The van der Waals surface area contributed by atoms with Crippen LogP contribution in [-0.2, 0) is 0 Å². The minimum atomic E-state index is -0.101. The number of pyridine rings is 1. The molecule has 2 aromatic rings. The van der Waals surface area contributed by atoms with Gasteiger partial charge in [0.1, 0.15) is 11.5 Å². The summed E-state index contributed by atoms with van der Waals surface area (Å²) in [4.78, 5) is 16.7. The summed E-state index contributed by atoms with van der Waals surface area (Å²) in [6.45, 7) is 1.90. The van der Waals surface area contributed by atoms with Crippen molar-refractivity contribution in [3.63, 3.8) is 0 Å². The summed E-state index contributed by atoms with van der Waals surface area (Å²) in [6, 6.07) is 7.95. The zero-order chi connectivity index (χ0) is 14.1. The van der Waals surface area contributed by atoms with Gasteiger partial charge in [-0.2, -0.15) is 0 Å². The van der Waals surface area contributed by atoms with E-state index in [0.717, 1.165) is 23.0 Å². The van der Waals surface area contributed by atoms with E-state index in [0.29, 0.717) is 17.6 Å². The fourth-order valence-corrected chi connectivity index (χ4v) is 2.58. The summed E-state index contributed by atoms with van der Waals surface area (Å²) in [5, 5.41) is 2.86. The highest BCUT2D eigenvalue weighted by molar-refractivity contribution is 9.10. The fourth-order valence-electron chi connectivity index (χ4n) is 2.36. The Labute approximate surface area is 126 Å². The van der Waals surface area contributed by atoms with Crippen molar-refractivity contribution in [3.8, 4) is 0 Å². The van der Waals surface area contributed by atoms with E-state index in [4.69, 9.17) is 0 Å². The number of nitrogens with zero attached hydrogens (tertiary/aromatic N) is 2. The topological polar surface area (TPSA) is 46.9 Å². The Hall–Kier alpha value is -1.62. The molecule has 20 heavy (non-hydrogen) atoms. The molecule has 0 saturated heterocycles. The summed E-state index contributed by atoms with van der Waals surface area (Å²) < 4.78 is 3.01. The van der Waals surface area contributed by atoms with E-state index in [9.17, 15) is 4.79 Å². The SMILES string of the molecule is Cc1nc(NC(=O)c2cccn2C2CCC2)ccc1Br. The van der Waals surface area contributed by atoms with Gasteiger partial charge in [0.25, 0.3) is 5.91 Å². The first-order chi connectivity index (χ1) is 9.65. The van der Waals surface area contributed by atoms with Gasteiger partial charge in [0.15, 0.2) is 0 Å². The van der Waals surface area contributed by atoms with Gasteiger partial charge in [-0.05, 0) is 66.4 Å². The first-order valence-corrected chi connectivity index (χ1v) is 7.56. The van der Waals surface area contributed by atoms with E-state index in [-0.39, 0.29) is 5.91 Å². The van der Waals surface area contributed by atoms with Gasteiger partial charge in [-0.1, -0.05) is 0 Å². The van der Waals surface area contributed by atoms with Crippen molar-refractivity contribution < 1.29 is 4.79 Å². The van der Waals surface area contributed by atoms with Gasteiger partial charge < -0.3 is 9.88 Å². The zero-order valence-electron chi connectivity index (χ0n) is 11.3. The van der Waals surface area contributed by atoms with Crippen molar-refractivity contribution in [3.05, 3.63) is 46.3 Å². The minimum absolute atomic E-state index is 0.101. The molecule has 0 unspecified atom stereocenters. The quantitative estimate of drug-likeness (QED) is 0.924. The van der Waals surface area contributed by atoms with Crippen LogP contribution in [0.1, 0.15) is 41.5 Å². The standard InChI is InChI=1S/C15H16BrN3O/c1-10-12(16)7-8-14(17-10)18-15(20)13-6-3-9-19(13)11-4-2-5-11/h3,6-9,11H,2,4-5H2,1H3,(H,17,18,20). The number of aryl methyl sites for hydroxylation is 1. The largest absolute Gasteiger partial charge is 0.340 e. The number of carbonyl (C=O) groups excluding carboxylic acids is 1. The molecule has 4 nitrogen and oxygen atoms in total. The van der Waals surface area contributed by atoms with Crippen LogP contribution in [0.5, 0.6) is 0 Å². The lowest BCUT2D eigenvalue weighted by Gasteiger charge is -2.28. The zero-order valence-corrected chi connectivity index (χ0v) is 12.9. The molecule has 0 bridgehead atoms. The van der Waals surface area contributed by atoms with Crippen molar-refractivity contribution in [1.82, 2.24) is 9.55 Å². The molecule has 1 N–H and O–H groups in total. The molecule has 3 rings (SSSR count). The van der Waals surface area contributed by atoms with Crippen LogP contribution in [-0.4, -0.2) is 15.5 Å². The third kappa shape index (κ3) is 2.50. The molecule has 2 heterocycles. The van der Waals surface area contributed by atoms with Gasteiger partial charge in [-0.25, -0.2) is 4.98 Å². The molecular formula is C15H16BrN3O. The van der Waals surface area contributed by atoms with E-state index < -0.39 is 0 Å². The van der Waals surface area contributed by atoms with Crippen LogP contribution in [0.2, 0.25) is 0 Å². The molecule has 0 aliphatic heterocycles. The summed E-state index contributed by atoms with van der Waals surface area (Å²) >= 11 is 3.40. The number of carbonyl (C=O) groups is 1. The first kappa shape index (κ1) is 13.4. The summed E-state index contributed by atoms with van der Waals surface area (Å²) in [5.41, 5.74) is 1.56. The highest BCUT2D eigenvalue weighted by Gasteiger charge is 2.23. The van der Waals surface area contributed by atoms with Crippen molar-refractivity contribution in [2.45, 2.75) is 32.2 Å². The fraction of sp³-hybridized carbons (Fsp3) is 0.333.